The molecule has 3 nitrogen and oxygen atoms in total. The van der Waals surface area contributed by atoms with E-state index in [1.54, 1.807) is 6.07 Å². The fourth-order valence-corrected chi connectivity index (χ4v) is 2.61. The van der Waals surface area contributed by atoms with Gasteiger partial charge in [0.05, 0.1) is 5.56 Å². The fraction of sp³-hybridized carbons (Fsp3) is 0.267. The van der Waals surface area contributed by atoms with Crippen molar-refractivity contribution in [3.05, 3.63) is 102 Å². The summed E-state index contributed by atoms with van der Waals surface area (Å²) in [6, 6.07) is 23.0. The van der Waals surface area contributed by atoms with Crippen LogP contribution in [0.5, 0.6) is 0 Å². The predicted molar refractivity (Wildman–Crippen MR) is 148 cm³/mol. The van der Waals surface area contributed by atoms with Gasteiger partial charge in [0.25, 0.3) is 0 Å². The minimum Gasteiger partial charge on any atom is -0.359 e. The first-order valence-corrected chi connectivity index (χ1v) is 11.6. The maximum Gasteiger partial charge on any atom is 0.416 e. The minimum atomic E-state index is -4.33. The lowest BCUT2D eigenvalue weighted by Gasteiger charge is -2.13. The number of anilines is 1. The van der Waals surface area contributed by atoms with E-state index in [1.807, 2.05) is 110 Å². The van der Waals surface area contributed by atoms with Crippen LogP contribution in [0.15, 0.2) is 91.1 Å². The fourth-order valence-electron chi connectivity index (χ4n) is 2.61. The summed E-state index contributed by atoms with van der Waals surface area (Å²) in [5, 5.41) is 3.17. The van der Waals surface area contributed by atoms with Crippen molar-refractivity contribution in [1.82, 2.24) is 0 Å². The first-order valence-electron chi connectivity index (χ1n) is 11.6. The Kier molecular flexibility index (Phi) is 23.7. The maximum absolute atomic E-state index is 12.8. The van der Waals surface area contributed by atoms with Gasteiger partial charge < -0.3 is 14.9 Å². The third-order valence-electron chi connectivity index (χ3n) is 4.14. The first-order chi connectivity index (χ1) is 17.3. The monoisotopic (exact) mass is 503 g/mol. The third kappa shape index (κ3) is 15.3. The maximum atomic E-state index is 12.8. The highest BCUT2D eigenvalue weighted by molar-refractivity contribution is 5.71. The summed E-state index contributed by atoms with van der Waals surface area (Å²) < 4.78 is 38.4. The zero-order valence-electron chi connectivity index (χ0n) is 22.3. The Morgan fingerprint density at radius 2 is 1.25 bits per heavy atom. The number of benzene rings is 3. The van der Waals surface area contributed by atoms with Crippen LogP contribution in [0.3, 0.4) is 0 Å². The van der Waals surface area contributed by atoms with Gasteiger partial charge in [-0.1, -0.05) is 95.8 Å². The Labute approximate surface area is 215 Å². The van der Waals surface area contributed by atoms with Gasteiger partial charge in [0.2, 0.25) is 0 Å². The molecule has 198 valence electrons. The summed E-state index contributed by atoms with van der Waals surface area (Å²) in [6.07, 6.45) is -3.52. The van der Waals surface area contributed by atoms with E-state index in [9.17, 15) is 13.2 Å². The smallest absolute Gasteiger partial charge is 0.359 e. The minimum absolute atomic E-state index is 0.563. The number of nitrogens with one attached hydrogen (secondary N) is 1. The van der Waals surface area contributed by atoms with Crippen molar-refractivity contribution < 1.29 is 22.8 Å². The standard InChI is InChI=1S/C18H18F3N.C6H6.2C2H6.2CH2O/c1-4-13(3)22-16-8-9-17(12(2)10-16)14-6-5-7-15(11-14)18(19,20)21;1-2-4-6-5-3-1;4*1-2/h5-11,22H,3-4H2,1-2H3;1-6H;2*1-2H3;2*1H2. The zero-order chi connectivity index (χ0) is 28.6. The molecule has 36 heavy (non-hydrogen) atoms. The summed E-state index contributed by atoms with van der Waals surface area (Å²) in [5.74, 6) is 0. The van der Waals surface area contributed by atoms with Crippen molar-refractivity contribution in [3.63, 3.8) is 0 Å². The average Bonchev–Trinajstić information content (AvgIpc) is 2.94. The highest BCUT2D eigenvalue weighted by atomic mass is 19.4. The molecule has 0 amide bonds. The number of allylic oxidation sites excluding steroid dienone is 1. The topological polar surface area (TPSA) is 46.2 Å². The number of carbonyl (C=O) groups excluding carboxylic acids is 2. The second kappa shape index (κ2) is 23.1. The Morgan fingerprint density at radius 3 is 1.64 bits per heavy atom. The highest BCUT2D eigenvalue weighted by Crippen LogP contribution is 2.33. The Balaban J connectivity index is -0.000000647. The molecule has 0 saturated heterocycles. The molecule has 3 rings (SSSR count). The van der Waals surface area contributed by atoms with Crippen molar-refractivity contribution in [1.29, 1.82) is 0 Å². The third-order valence-corrected chi connectivity index (χ3v) is 4.14. The normalized spacial score (nSPS) is 8.81. The van der Waals surface area contributed by atoms with Crippen molar-refractivity contribution in [3.8, 4) is 11.1 Å². The number of hydrogen-bond acceptors (Lipinski definition) is 3. The van der Waals surface area contributed by atoms with Crippen molar-refractivity contribution in [2.75, 3.05) is 5.32 Å². The number of alkyl halides is 3. The second-order valence-electron chi connectivity index (χ2n) is 6.35. The molecule has 0 atom stereocenters. The molecule has 0 aliphatic rings. The van der Waals surface area contributed by atoms with Crippen LogP contribution in [-0.2, 0) is 15.8 Å². The van der Waals surface area contributed by atoms with Gasteiger partial charge in [0.1, 0.15) is 13.6 Å². The lowest BCUT2D eigenvalue weighted by Crippen LogP contribution is -2.04. The molecule has 3 aromatic rings. The molecule has 0 unspecified atom stereocenters. The number of aryl methyl sites for hydroxylation is 1. The van der Waals surface area contributed by atoms with Gasteiger partial charge >= 0.3 is 6.18 Å². The van der Waals surface area contributed by atoms with Crippen LogP contribution in [0.1, 0.15) is 52.2 Å². The van der Waals surface area contributed by atoms with Gasteiger partial charge in [-0.25, -0.2) is 0 Å². The van der Waals surface area contributed by atoms with Gasteiger partial charge in [-0.2, -0.15) is 13.2 Å². The van der Waals surface area contributed by atoms with E-state index in [4.69, 9.17) is 9.59 Å². The molecule has 0 spiro atoms. The van der Waals surface area contributed by atoms with E-state index < -0.39 is 11.7 Å². The highest BCUT2D eigenvalue weighted by Gasteiger charge is 2.30. The molecule has 0 aromatic heterocycles. The molecular weight excluding hydrogens is 463 g/mol. The molecule has 0 bridgehead atoms. The van der Waals surface area contributed by atoms with E-state index >= 15 is 0 Å². The van der Waals surface area contributed by atoms with Crippen molar-refractivity contribution in [2.45, 2.75) is 54.1 Å². The zero-order valence-corrected chi connectivity index (χ0v) is 22.3. The van der Waals surface area contributed by atoms with E-state index in [0.717, 1.165) is 35.0 Å². The summed E-state index contributed by atoms with van der Waals surface area (Å²) in [6.45, 7) is 19.8. The summed E-state index contributed by atoms with van der Waals surface area (Å²) in [4.78, 5) is 16.0. The molecule has 0 aliphatic heterocycles. The van der Waals surface area contributed by atoms with Gasteiger partial charge in [0.15, 0.2) is 0 Å². The van der Waals surface area contributed by atoms with Crippen LogP contribution in [0, 0.1) is 6.92 Å². The Bertz CT molecular complexity index is 914. The van der Waals surface area contributed by atoms with E-state index in [0.29, 0.717) is 5.56 Å². The summed E-state index contributed by atoms with van der Waals surface area (Å²) >= 11 is 0. The number of halogens is 3. The van der Waals surface area contributed by atoms with Crippen molar-refractivity contribution >= 4 is 19.3 Å². The average molecular weight is 504 g/mol. The molecule has 0 heterocycles. The lowest BCUT2D eigenvalue weighted by molar-refractivity contribution is -0.137. The second-order valence-corrected chi connectivity index (χ2v) is 6.35. The van der Waals surface area contributed by atoms with Crippen LogP contribution in [-0.4, -0.2) is 13.6 Å². The van der Waals surface area contributed by atoms with Crippen LogP contribution in [0.25, 0.3) is 11.1 Å². The number of rotatable bonds is 4. The molecule has 0 aliphatic carbocycles. The summed E-state index contributed by atoms with van der Waals surface area (Å²) in [5.41, 5.74) is 3.41. The molecule has 0 fully saturated rings. The van der Waals surface area contributed by atoms with E-state index in [2.05, 4.69) is 11.9 Å². The largest absolute Gasteiger partial charge is 0.416 e. The molecular formula is C30H40F3NO2. The predicted octanol–water partition coefficient (Wildman–Crippen LogP) is 9.39. The van der Waals surface area contributed by atoms with Gasteiger partial charge in [-0.15, -0.1) is 0 Å². The molecule has 6 heteroatoms. The number of carbonyl (C=O) groups is 2. The molecule has 3 aromatic carbocycles. The van der Waals surface area contributed by atoms with Crippen LogP contribution in [0.2, 0.25) is 0 Å². The van der Waals surface area contributed by atoms with Gasteiger partial charge in [-0.05, 0) is 54.3 Å². The van der Waals surface area contributed by atoms with Crippen LogP contribution >= 0.6 is 0 Å². The molecule has 1 N–H and O–H groups in total. The Morgan fingerprint density at radius 1 is 0.778 bits per heavy atom. The quantitative estimate of drug-likeness (QED) is 0.386. The Hall–Kier alpha value is -3.67. The first kappa shape index (κ1) is 36.9. The SMILES string of the molecule is C=C(CC)Nc1ccc(-c2cccc(C(F)(F)F)c2)c(C)c1.C=O.C=O.CC.CC.c1ccccc1. The van der Waals surface area contributed by atoms with Crippen LogP contribution < -0.4 is 5.32 Å². The van der Waals surface area contributed by atoms with Gasteiger partial charge in [0, 0.05) is 11.4 Å². The summed E-state index contributed by atoms with van der Waals surface area (Å²) in [7, 11) is 0. The number of hydrogen-bond donors (Lipinski definition) is 1. The van der Waals surface area contributed by atoms with E-state index in [1.165, 1.54) is 12.1 Å². The van der Waals surface area contributed by atoms with E-state index in [-0.39, 0.29) is 0 Å². The van der Waals surface area contributed by atoms with Crippen molar-refractivity contribution in [2.24, 2.45) is 0 Å². The van der Waals surface area contributed by atoms with Crippen LogP contribution in [0.4, 0.5) is 18.9 Å². The van der Waals surface area contributed by atoms with Gasteiger partial charge in [-0.3, -0.25) is 0 Å². The molecule has 0 saturated carbocycles. The molecule has 0 radical (unpaired) electrons. The lowest BCUT2D eigenvalue weighted by atomic mass is 9.98.